The van der Waals surface area contributed by atoms with Crippen molar-refractivity contribution in [3.05, 3.63) is 53.5 Å². The van der Waals surface area contributed by atoms with Crippen LogP contribution in [0.4, 0.5) is 4.39 Å². The third-order valence-corrected chi connectivity index (χ3v) is 5.62. The van der Waals surface area contributed by atoms with E-state index < -0.39 is 0 Å². The number of halogens is 1. The number of fused-ring (bicyclic) bond motifs is 1. The number of imidazole rings is 1. The quantitative estimate of drug-likeness (QED) is 0.705. The van der Waals surface area contributed by atoms with Crippen molar-refractivity contribution in [1.29, 1.82) is 0 Å². The number of aromatic amines is 1. The smallest absolute Gasteiger partial charge is 0.227 e. The Morgan fingerprint density at radius 2 is 2.18 bits per heavy atom. The fourth-order valence-electron chi connectivity index (χ4n) is 4.06. The Kier molecular flexibility index (Phi) is 4.75. The second-order valence-electron chi connectivity index (χ2n) is 7.47. The molecule has 1 saturated heterocycles. The molecular formula is C21H23FN4O2. The van der Waals surface area contributed by atoms with Crippen LogP contribution in [0.1, 0.15) is 34.7 Å². The minimum atomic E-state index is -0.321. The van der Waals surface area contributed by atoms with Gasteiger partial charge < -0.3 is 14.5 Å². The molecule has 0 saturated carbocycles. The highest BCUT2D eigenvalue weighted by Crippen LogP contribution is 2.26. The molecule has 1 atom stereocenters. The van der Waals surface area contributed by atoms with Crippen molar-refractivity contribution in [3.63, 3.8) is 0 Å². The number of carbonyl (C=O) groups excluding carboxylic acids is 2. The molecule has 2 aromatic heterocycles. The molecule has 1 amide bonds. The Hall–Kier alpha value is -2.96. The zero-order valence-corrected chi connectivity index (χ0v) is 16.0. The highest BCUT2D eigenvalue weighted by atomic mass is 19.1. The lowest BCUT2D eigenvalue weighted by atomic mass is 9.92. The molecule has 0 bridgehead atoms. The summed E-state index contributed by atoms with van der Waals surface area (Å²) in [5.74, 6) is -0.179. The molecule has 6 nitrogen and oxygen atoms in total. The predicted octanol–water partition coefficient (Wildman–Crippen LogP) is 3.01. The number of ketones is 1. The predicted molar refractivity (Wildman–Crippen MR) is 104 cm³/mol. The number of aryl methyl sites for hydroxylation is 2. The third kappa shape index (κ3) is 3.21. The Morgan fingerprint density at radius 1 is 1.36 bits per heavy atom. The van der Waals surface area contributed by atoms with Gasteiger partial charge in [-0.2, -0.15) is 0 Å². The molecule has 146 valence electrons. The van der Waals surface area contributed by atoms with E-state index in [2.05, 4.69) is 9.97 Å². The lowest BCUT2D eigenvalue weighted by Gasteiger charge is -2.32. The normalized spacial score (nSPS) is 17.2. The standard InChI is InChI=1S/C21H23FN4O2/c1-13-16(15-6-3-7-17(22)19(15)24-13)11-18(27)26-9-4-5-14(12-26)20(28)21-23-8-10-25(21)2/h3,6-8,10,14,24H,4-5,9,11-12H2,1-2H3. The fraction of sp³-hybridized carbons (Fsp3) is 0.381. The summed E-state index contributed by atoms with van der Waals surface area (Å²) in [7, 11) is 1.80. The second-order valence-corrected chi connectivity index (χ2v) is 7.47. The number of hydrogen-bond donors (Lipinski definition) is 1. The van der Waals surface area contributed by atoms with Crippen LogP contribution in [0.2, 0.25) is 0 Å². The Morgan fingerprint density at radius 3 is 2.93 bits per heavy atom. The number of rotatable bonds is 4. The van der Waals surface area contributed by atoms with E-state index in [0.29, 0.717) is 24.4 Å². The molecule has 0 radical (unpaired) electrons. The van der Waals surface area contributed by atoms with Crippen molar-refractivity contribution in [1.82, 2.24) is 19.4 Å². The number of Topliss-reactive ketones (excluding diaryl/α,β-unsaturated/α-hetero) is 1. The number of nitrogens with one attached hydrogen (secondary N) is 1. The van der Waals surface area contributed by atoms with Crippen molar-refractivity contribution < 1.29 is 14.0 Å². The summed E-state index contributed by atoms with van der Waals surface area (Å²) < 4.78 is 15.7. The summed E-state index contributed by atoms with van der Waals surface area (Å²) in [4.78, 5) is 34.7. The molecule has 3 aromatic rings. The largest absolute Gasteiger partial charge is 0.356 e. The van der Waals surface area contributed by atoms with Crippen molar-refractivity contribution in [2.45, 2.75) is 26.2 Å². The van der Waals surface area contributed by atoms with Crippen LogP contribution in [-0.4, -0.2) is 44.2 Å². The van der Waals surface area contributed by atoms with Crippen LogP contribution in [0.5, 0.6) is 0 Å². The van der Waals surface area contributed by atoms with Crippen LogP contribution < -0.4 is 0 Å². The maximum atomic E-state index is 14.0. The van der Waals surface area contributed by atoms with Crippen LogP contribution in [0, 0.1) is 18.7 Å². The minimum absolute atomic E-state index is 0.0182. The zero-order valence-electron chi connectivity index (χ0n) is 16.0. The van der Waals surface area contributed by atoms with Crippen molar-refractivity contribution in [2.24, 2.45) is 13.0 Å². The highest BCUT2D eigenvalue weighted by molar-refractivity contribution is 5.95. The molecule has 1 fully saturated rings. The average Bonchev–Trinajstić information content (AvgIpc) is 3.26. The molecule has 1 aromatic carbocycles. The monoisotopic (exact) mass is 382 g/mol. The van der Waals surface area contributed by atoms with Crippen molar-refractivity contribution >= 4 is 22.6 Å². The van der Waals surface area contributed by atoms with Crippen molar-refractivity contribution in [2.75, 3.05) is 13.1 Å². The molecule has 0 spiro atoms. The van der Waals surface area contributed by atoms with Crippen molar-refractivity contribution in [3.8, 4) is 0 Å². The number of nitrogens with zero attached hydrogens (tertiary/aromatic N) is 3. The fourth-order valence-corrected chi connectivity index (χ4v) is 4.06. The van der Waals surface area contributed by atoms with Gasteiger partial charge in [0, 0.05) is 49.5 Å². The van der Waals surface area contributed by atoms with Gasteiger partial charge in [0.2, 0.25) is 11.7 Å². The number of piperidine rings is 1. The van der Waals surface area contributed by atoms with Crippen LogP contribution in [0.15, 0.2) is 30.6 Å². The molecule has 0 aliphatic carbocycles. The topological polar surface area (TPSA) is 71.0 Å². The number of aromatic nitrogens is 3. The Balaban J connectivity index is 1.51. The summed E-state index contributed by atoms with van der Waals surface area (Å²) in [5.41, 5.74) is 2.05. The Labute approximate surface area is 162 Å². The van der Waals surface area contributed by atoms with E-state index in [1.165, 1.54) is 6.07 Å². The van der Waals surface area contributed by atoms with E-state index in [9.17, 15) is 14.0 Å². The van der Waals surface area contributed by atoms with Gasteiger partial charge in [-0.05, 0) is 31.4 Å². The molecular weight excluding hydrogens is 359 g/mol. The van der Waals surface area contributed by atoms with Gasteiger partial charge in [-0.25, -0.2) is 9.37 Å². The lowest BCUT2D eigenvalue weighted by Crippen LogP contribution is -2.43. The summed E-state index contributed by atoms with van der Waals surface area (Å²) in [6.45, 7) is 2.89. The molecule has 7 heteroatoms. The average molecular weight is 382 g/mol. The van der Waals surface area contributed by atoms with E-state index >= 15 is 0 Å². The number of likely N-dealkylation sites (tertiary alicyclic amines) is 1. The van der Waals surface area contributed by atoms with Gasteiger partial charge in [0.25, 0.3) is 0 Å². The van der Waals surface area contributed by atoms with Gasteiger partial charge in [0.15, 0.2) is 5.82 Å². The van der Waals surface area contributed by atoms with Crippen LogP contribution in [-0.2, 0) is 18.3 Å². The summed E-state index contributed by atoms with van der Waals surface area (Å²) in [6, 6.07) is 4.89. The second kappa shape index (κ2) is 7.22. The molecule has 3 heterocycles. The van der Waals surface area contributed by atoms with Gasteiger partial charge in [0.05, 0.1) is 11.9 Å². The molecule has 4 rings (SSSR count). The SMILES string of the molecule is Cc1[nH]c2c(F)cccc2c1CC(=O)N1CCCC(C(=O)c2nccn2C)C1. The number of amides is 1. The molecule has 1 aliphatic heterocycles. The van der Waals surface area contributed by atoms with E-state index in [0.717, 1.165) is 29.5 Å². The van der Waals surface area contributed by atoms with Crippen LogP contribution >= 0.6 is 0 Å². The van der Waals surface area contributed by atoms with Gasteiger partial charge >= 0.3 is 0 Å². The number of hydrogen-bond acceptors (Lipinski definition) is 3. The minimum Gasteiger partial charge on any atom is -0.356 e. The Bertz CT molecular complexity index is 1050. The first-order valence-corrected chi connectivity index (χ1v) is 9.50. The van der Waals surface area contributed by atoms with Crippen LogP contribution in [0.3, 0.4) is 0 Å². The van der Waals surface area contributed by atoms with Crippen LogP contribution in [0.25, 0.3) is 10.9 Å². The number of carbonyl (C=O) groups is 2. The molecule has 1 aliphatic rings. The summed E-state index contributed by atoms with van der Waals surface area (Å²) >= 11 is 0. The van der Waals surface area contributed by atoms with E-state index in [4.69, 9.17) is 0 Å². The van der Waals surface area contributed by atoms with Gasteiger partial charge in [-0.15, -0.1) is 0 Å². The third-order valence-electron chi connectivity index (χ3n) is 5.62. The summed E-state index contributed by atoms with van der Waals surface area (Å²) in [5, 5.41) is 0.739. The molecule has 1 N–H and O–H groups in total. The first-order chi connectivity index (χ1) is 13.5. The zero-order chi connectivity index (χ0) is 19.8. The lowest BCUT2D eigenvalue weighted by molar-refractivity contribution is -0.131. The summed E-state index contributed by atoms with van der Waals surface area (Å²) in [6.07, 6.45) is 5.09. The first-order valence-electron chi connectivity index (χ1n) is 9.50. The molecule has 1 unspecified atom stereocenters. The maximum absolute atomic E-state index is 14.0. The number of benzene rings is 1. The van der Waals surface area contributed by atoms with E-state index in [1.54, 1.807) is 35.0 Å². The van der Waals surface area contributed by atoms with Gasteiger partial charge in [-0.3, -0.25) is 9.59 Å². The van der Waals surface area contributed by atoms with E-state index in [1.807, 2.05) is 13.0 Å². The first kappa shape index (κ1) is 18.4. The number of para-hydroxylation sites is 1. The van der Waals surface area contributed by atoms with Gasteiger partial charge in [0.1, 0.15) is 5.82 Å². The van der Waals surface area contributed by atoms with Gasteiger partial charge in [-0.1, -0.05) is 12.1 Å². The number of H-pyrrole nitrogens is 1. The van der Waals surface area contributed by atoms with E-state index in [-0.39, 0.29) is 29.8 Å². The maximum Gasteiger partial charge on any atom is 0.227 e. The highest BCUT2D eigenvalue weighted by Gasteiger charge is 2.31. The molecule has 28 heavy (non-hydrogen) atoms.